The fraction of sp³-hybridized carbons (Fsp3) is 0.459. The second-order valence-corrected chi connectivity index (χ2v) is 13.9. The van der Waals surface area contributed by atoms with Gasteiger partial charge in [0.25, 0.3) is 0 Å². The van der Waals surface area contributed by atoms with Crippen LogP contribution in [0.1, 0.15) is 62.6 Å². The molecule has 3 aliphatic heterocycles. The Morgan fingerprint density at radius 2 is 1.76 bits per heavy atom. The maximum Gasteiger partial charge on any atom is 0.235 e. The molecule has 4 fully saturated rings. The average Bonchev–Trinajstić information content (AvgIpc) is 3.74. The van der Waals surface area contributed by atoms with E-state index in [0.717, 1.165) is 84.4 Å². The van der Waals surface area contributed by atoms with Gasteiger partial charge in [0, 0.05) is 82.0 Å². The van der Waals surface area contributed by atoms with Crippen molar-refractivity contribution in [3.63, 3.8) is 0 Å². The maximum absolute atomic E-state index is 12.6. The van der Waals surface area contributed by atoms with E-state index in [1.165, 1.54) is 25.7 Å². The summed E-state index contributed by atoms with van der Waals surface area (Å²) >= 11 is 0. The van der Waals surface area contributed by atoms with E-state index in [0.29, 0.717) is 30.9 Å². The third kappa shape index (κ3) is 6.37. The Morgan fingerprint density at radius 1 is 0.940 bits per heavy atom. The molecular weight excluding hydrogens is 630 g/mol. The first-order chi connectivity index (χ1) is 24.4. The molecule has 3 saturated heterocycles. The van der Waals surface area contributed by atoms with E-state index >= 15 is 0 Å². The van der Waals surface area contributed by atoms with Crippen molar-refractivity contribution in [3.8, 4) is 0 Å². The van der Waals surface area contributed by atoms with Gasteiger partial charge < -0.3 is 20.4 Å². The lowest BCUT2D eigenvalue weighted by Gasteiger charge is -2.49. The molecule has 3 N–H and O–H groups in total. The smallest absolute Gasteiger partial charge is 0.235 e. The van der Waals surface area contributed by atoms with Crippen molar-refractivity contribution in [2.24, 2.45) is 7.05 Å². The summed E-state index contributed by atoms with van der Waals surface area (Å²) in [7, 11) is 1.94. The third-order valence-electron chi connectivity index (χ3n) is 10.7. The summed E-state index contributed by atoms with van der Waals surface area (Å²) < 4.78 is 1.89. The number of anilines is 5. The van der Waals surface area contributed by atoms with Crippen molar-refractivity contribution in [2.75, 3.05) is 59.7 Å². The fourth-order valence-electron chi connectivity index (χ4n) is 7.93. The number of fused-ring (bicyclic) bond motifs is 1. The summed E-state index contributed by atoms with van der Waals surface area (Å²) in [6.07, 6.45) is 13.6. The molecule has 8 rings (SSSR count). The van der Waals surface area contributed by atoms with Crippen molar-refractivity contribution in [3.05, 3.63) is 60.1 Å². The number of hydrogen-bond donors (Lipinski definition) is 3. The first-order valence-electron chi connectivity index (χ1n) is 18.0. The SMILES string of the molecule is C/C=C/c1cnc(Nc2ccc(N3CCN(C4CN(c5cccc6c(C7CCC(=O)NC7=O)nn(C)c56)C4)CC3)cn2)nc1NC1CCCC1. The quantitative estimate of drug-likeness (QED) is 0.218. The van der Waals surface area contributed by atoms with Gasteiger partial charge in [-0.1, -0.05) is 37.1 Å². The highest BCUT2D eigenvalue weighted by atomic mass is 16.2. The Bertz CT molecular complexity index is 1900. The van der Waals surface area contributed by atoms with Crippen molar-refractivity contribution < 1.29 is 9.59 Å². The molecule has 1 saturated carbocycles. The molecule has 1 atom stereocenters. The molecule has 260 valence electrons. The third-order valence-corrected chi connectivity index (χ3v) is 10.7. The summed E-state index contributed by atoms with van der Waals surface area (Å²) in [6, 6.07) is 11.3. The van der Waals surface area contributed by atoms with E-state index in [2.05, 4.69) is 53.8 Å². The Morgan fingerprint density at radius 3 is 2.50 bits per heavy atom. The summed E-state index contributed by atoms with van der Waals surface area (Å²) in [5.74, 6) is 1.27. The molecule has 2 amide bonds. The molecule has 4 aliphatic rings. The topological polar surface area (TPSA) is 136 Å². The minimum atomic E-state index is -0.402. The van der Waals surface area contributed by atoms with E-state index in [1.54, 1.807) is 0 Å². The molecule has 1 unspecified atom stereocenters. The molecule has 6 heterocycles. The number of aromatic nitrogens is 5. The Balaban J connectivity index is 0.859. The predicted octanol–water partition coefficient (Wildman–Crippen LogP) is 4.42. The van der Waals surface area contributed by atoms with Crippen LogP contribution in [0.2, 0.25) is 0 Å². The molecule has 1 aromatic carbocycles. The number of carbonyl (C=O) groups excluding carboxylic acids is 2. The zero-order chi connectivity index (χ0) is 34.2. The maximum atomic E-state index is 12.6. The van der Waals surface area contributed by atoms with Crippen molar-refractivity contribution in [2.45, 2.75) is 63.5 Å². The molecule has 13 heteroatoms. The second kappa shape index (κ2) is 13.7. The van der Waals surface area contributed by atoms with Crippen LogP contribution in [0.25, 0.3) is 17.0 Å². The van der Waals surface area contributed by atoms with E-state index in [9.17, 15) is 9.59 Å². The first kappa shape index (κ1) is 32.2. The standard InChI is InChI=1S/C37H45N11O2/c1-3-7-24-20-39-37(43-35(24)40-25-8-4-5-9-25)41-31-14-12-26(21-38-31)46-16-18-47(19-17-46)27-22-48(23-27)30-11-6-10-28-33(44-45(2)34(28)30)29-13-15-32(49)42-36(29)50/h3,6-7,10-12,14,20-21,25,27,29H,4-5,8-9,13,15-19,22-23H2,1-2H3,(H,42,49,50)(H2,38,39,40,41,43)/b7-3+. The van der Waals surface area contributed by atoms with Crippen LogP contribution >= 0.6 is 0 Å². The van der Waals surface area contributed by atoms with Gasteiger partial charge in [0.1, 0.15) is 11.6 Å². The lowest BCUT2D eigenvalue weighted by Crippen LogP contribution is -2.63. The number of amides is 2. The zero-order valence-electron chi connectivity index (χ0n) is 28.8. The number of allylic oxidation sites excluding steroid dienone is 1. The summed E-state index contributed by atoms with van der Waals surface area (Å²) in [4.78, 5) is 45.8. The molecule has 4 aromatic rings. The second-order valence-electron chi connectivity index (χ2n) is 13.9. The largest absolute Gasteiger partial charge is 0.368 e. The highest BCUT2D eigenvalue weighted by molar-refractivity contribution is 6.03. The number of pyridine rings is 1. The number of imide groups is 1. The van der Waals surface area contributed by atoms with Crippen molar-refractivity contribution in [1.29, 1.82) is 0 Å². The van der Waals surface area contributed by atoms with Gasteiger partial charge in [0.05, 0.1) is 34.7 Å². The molecular formula is C37H45N11O2. The van der Waals surface area contributed by atoms with Gasteiger partial charge in [-0.3, -0.25) is 24.5 Å². The minimum absolute atomic E-state index is 0.208. The van der Waals surface area contributed by atoms with Crippen molar-refractivity contribution >= 4 is 57.8 Å². The highest BCUT2D eigenvalue weighted by Gasteiger charge is 2.36. The number of para-hydroxylation sites is 1. The number of piperazine rings is 1. The van der Waals surface area contributed by atoms with Crippen LogP contribution in [0.15, 0.2) is 48.8 Å². The van der Waals surface area contributed by atoms with Crippen molar-refractivity contribution in [1.82, 2.24) is 34.9 Å². The number of hydrogen-bond acceptors (Lipinski definition) is 11. The molecule has 3 aromatic heterocycles. The number of benzene rings is 1. The van der Waals surface area contributed by atoms with E-state index in [1.807, 2.05) is 55.3 Å². The Kier molecular flexibility index (Phi) is 8.82. The van der Waals surface area contributed by atoms with Gasteiger partial charge in [-0.25, -0.2) is 9.97 Å². The molecule has 13 nitrogen and oxygen atoms in total. The van der Waals surface area contributed by atoms with E-state index < -0.39 is 5.92 Å². The molecule has 0 bridgehead atoms. The molecule has 1 aliphatic carbocycles. The number of nitrogens with one attached hydrogen (secondary N) is 3. The normalized spacial score (nSPS) is 20.9. The van der Waals surface area contributed by atoms with Gasteiger partial charge in [-0.05, 0) is 44.4 Å². The zero-order valence-corrected chi connectivity index (χ0v) is 28.8. The van der Waals surface area contributed by atoms with Crippen LogP contribution in [0.4, 0.5) is 29.0 Å². The van der Waals surface area contributed by atoms with Gasteiger partial charge in [0.15, 0.2) is 0 Å². The first-order valence-corrected chi connectivity index (χ1v) is 18.0. The number of piperidine rings is 1. The van der Waals surface area contributed by atoms with Crippen LogP contribution in [-0.4, -0.2) is 92.8 Å². The monoisotopic (exact) mass is 675 g/mol. The van der Waals surface area contributed by atoms with Gasteiger partial charge in [-0.2, -0.15) is 10.1 Å². The number of nitrogens with zero attached hydrogens (tertiary/aromatic N) is 8. The van der Waals surface area contributed by atoms with Gasteiger partial charge >= 0.3 is 0 Å². The molecule has 0 radical (unpaired) electrons. The van der Waals surface area contributed by atoms with Gasteiger partial charge in [0.2, 0.25) is 17.8 Å². The van der Waals surface area contributed by atoms with Crippen LogP contribution in [-0.2, 0) is 16.6 Å². The molecule has 50 heavy (non-hydrogen) atoms. The van der Waals surface area contributed by atoms with Crippen LogP contribution in [0.5, 0.6) is 0 Å². The average molecular weight is 676 g/mol. The fourth-order valence-corrected chi connectivity index (χ4v) is 7.93. The minimum Gasteiger partial charge on any atom is -0.368 e. The lowest BCUT2D eigenvalue weighted by molar-refractivity contribution is -0.134. The summed E-state index contributed by atoms with van der Waals surface area (Å²) in [5.41, 5.74) is 5.06. The van der Waals surface area contributed by atoms with Crippen LogP contribution < -0.4 is 25.8 Å². The number of rotatable bonds is 9. The summed E-state index contributed by atoms with van der Waals surface area (Å²) in [5, 5.41) is 15.2. The van der Waals surface area contributed by atoms with Gasteiger partial charge in [-0.15, -0.1) is 0 Å². The van der Waals surface area contributed by atoms with Crippen LogP contribution in [0.3, 0.4) is 0 Å². The van der Waals surface area contributed by atoms with E-state index in [-0.39, 0.29) is 11.8 Å². The highest BCUT2D eigenvalue weighted by Crippen LogP contribution is 2.37. The number of aryl methyl sites for hydroxylation is 1. The molecule has 0 spiro atoms. The Labute approximate surface area is 292 Å². The Hall–Kier alpha value is -5.04. The lowest BCUT2D eigenvalue weighted by atomic mass is 9.92. The number of carbonyl (C=O) groups is 2. The van der Waals surface area contributed by atoms with E-state index in [4.69, 9.17) is 15.1 Å². The predicted molar refractivity (Wildman–Crippen MR) is 196 cm³/mol. The summed E-state index contributed by atoms with van der Waals surface area (Å²) in [6.45, 7) is 7.80. The van der Waals surface area contributed by atoms with Crippen LogP contribution in [0, 0.1) is 0 Å².